The number of aryl methyl sites for hydroxylation is 1. The molecule has 0 amide bonds. The van der Waals surface area contributed by atoms with Crippen LogP contribution < -0.4 is 0 Å². The predicted octanol–water partition coefficient (Wildman–Crippen LogP) is 2.32. The molecule has 0 heterocycles. The van der Waals surface area contributed by atoms with Crippen LogP contribution in [0.15, 0.2) is 18.2 Å². The first-order valence-corrected chi connectivity index (χ1v) is 3.72. The number of non-ortho nitro benzene ring substituents is 1. The Morgan fingerprint density at radius 3 is 2.85 bits per heavy atom. The second-order valence-corrected chi connectivity index (χ2v) is 2.68. The molecule has 0 atom stereocenters. The summed E-state index contributed by atoms with van der Waals surface area (Å²) < 4.78 is 0. The van der Waals surface area contributed by atoms with E-state index in [9.17, 15) is 10.1 Å². The van der Waals surface area contributed by atoms with Crippen molar-refractivity contribution in [1.82, 2.24) is 0 Å². The average molecular weight is 176 g/mol. The molecule has 0 radical (unpaired) electrons. The second-order valence-electron chi connectivity index (χ2n) is 2.68. The van der Waals surface area contributed by atoms with E-state index in [1.54, 1.807) is 6.07 Å². The molecular weight excluding hydrogens is 168 g/mol. The van der Waals surface area contributed by atoms with Gasteiger partial charge in [-0.05, 0) is 12.5 Å². The van der Waals surface area contributed by atoms with Gasteiger partial charge in [-0.15, -0.1) is 0 Å². The van der Waals surface area contributed by atoms with Gasteiger partial charge < -0.3 is 4.85 Å². The van der Waals surface area contributed by atoms with Crippen molar-refractivity contribution in [1.29, 1.82) is 0 Å². The lowest BCUT2D eigenvalue weighted by Gasteiger charge is -1.97. The molecule has 66 valence electrons. The van der Waals surface area contributed by atoms with E-state index in [0.717, 1.165) is 11.1 Å². The fourth-order valence-corrected chi connectivity index (χ4v) is 1.03. The van der Waals surface area contributed by atoms with Gasteiger partial charge in [-0.1, -0.05) is 6.07 Å². The van der Waals surface area contributed by atoms with E-state index < -0.39 is 4.92 Å². The maximum absolute atomic E-state index is 10.4. The van der Waals surface area contributed by atoms with E-state index in [1.807, 2.05) is 6.92 Å². The molecule has 0 fully saturated rings. The van der Waals surface area contributed by atoms with E-state index in [0.29, 0.717) is 0 Å². The first kappa shape index (κ1) is 9.20. The molecule has 0 aliphatic heterocycles. The lowest BCUT2D eigenvalue weighted by atomic mass is 10.1. The van der Waals surface area contributed by atoms with Gasteiger partial charge in [-0.3, -0.25) is 10.1 Å². The van der Waals surface area contributed by atoms with Crippen LogP contribution in [-0.2, 0) is 6.54 Å². The third-order valence-corrected chi connectivity index (χ3v) is 1.79. The van der Waals surface area contributed by atoms with Gasteiger partial charge >= 0.3 is 0 Å². The summed E-state index contributed by atoms with van der Waals surface area (Å²) >= 11 is 0. The molecule has 0 aliphatic rings. The third-order valence-electron chi connectivity index (χ3n) is 1.79. The van der Waals surface area contributed by atoms with Crippen LogP contribution in [0.3, 0.4) is 0 Å². The van der Waals surface area contributed by atoms with Crippen LogP contribution in [-0.4, -0.2) is 4.92 Å². The summed E-state index contributed by atoms with van der Waals surface area (Å²) in [6.45, 7) is 8.71. The molecule has 0 N–H and O–H groups in total. The zero-order valence-corrected chi connectivity index (χ0v) is 7.15. The lowest BCUT2D eigenvalue weighted by Crippen LogP contribution is -1.91. The Balaban J connectivity index is 3.12. The second kappa shape index (κ2) is 3.68. The molecule has 0 bridgehead atoms. The predicted molar refractivity (Wildman–Crippen MR) is 48.1 cm³/mol. The Morgan fingerprint density at radius 2 is 2.31 bits per heavy atom. The molecular formula is C9H8N2O2. The molecule has 0 saturated carbocycles. The topological polar surface area (TPSA) is 47.5 Å². The number of rotatable bonds is 2. The smallest absolute Gasteiger partial charge is 0.270 e. The normalized spacial score (nSPS) is 9.23. The minimum Gasteiger partial charge on any atom is -0.312 e. The highest BCUT2D eigenvalue weighted by Crippen LogP contribution is 2.17. The number of benzene rings is 1. The van der Waals surface area contributed by atoms with Gasteiger partial charge in [0.05, 0.1) is 4.92 Å². The molecule has 1 aromatic rings. The minimum absolute atomic E-state index is 0.0456. The van der Waals surface area contributed by atoms with Gasteiger partial charge in [0.25, 0.3) is 5.69 Å². The Hall–Kier alpha value is -1.89. The maximum atomic E-state index is 10.4. The van der Waals surface area contributed by atoms with Crippen molar-refractivity contribution < 1.29 is 4.92 Å². The highest BCUT2D eigenvalue weighted by atomic mass is 16.6. The van der Waals surface area contributed by atoms with E-state index >= 15 is 0 Å². The van der Waals surface area contributed by atoms with Gasteiger partial charge in [0, 0.05) is 17.7 Å². The molecule has 0 spiro atoms. The first-order chi connectivity index (χ1) is 6.15. The van der Waals surface area contributed by atoms with Gasteiger partial charge in [0.2, 0.25) is 6.54 Å². The molecule has 4 heteroatoms. The van der Waals surface area contributed by atoms with E-state index in [1.165, 1.54) is 12.1 Å². The van der Waals surface area contributed by atoms with Crippen LogP contribution in [0.4, 0.5) is 5.69 Å². The zero-order chi connectivity index (χ0) is 9.84. The van der Waals surface area contributed by atoms with Crippen LogP contribution in [0.25, 0.3) is 4.85 Å². The maximum Gasteiger partial charge on any atom is 0.270 e. The van der Waals surface area contributed by atoms with E-state index in [4.69, 9.17) is 6.57 Å². The van der Waals surface area contributed by atoms with Crippen LogP contribution in [0, 0.1) is 23.6 Å². The average Bonchev–Trinajstić information content (AvgIpc) is 2.08. The molecule has 0 saturated heterocycles. The zero-order valence-electron chi connectivity index (χ0n) is 7.15. The summed E-state index contributed by atoms with van der Waals surface area (Å²) in [7, 11) is 0. The fourth-order valence-electron chi connectivity index (χ4n) is 1.03. The van der Waals surface area contributed by atoms with Crippen LogP contribution >= 0.6 is 0 Å². The third kappa shape index (κ3) is 2.03. The van der Waals surface area contributed by atoms with Crippen LogP contribution in [0.5, 0.6) is 0 Å². The molecule has 1 aromatic carbocycles. The van der Waals surface area contributed by atoms with Crippen molar-refractivity contribution in [3.05, 3.63) is 50.9 Å². The highest BCUT2D eigenvalue weighted by molar-refractivity contribution is 5.39. The molecule has 13 heavy (non-hydrogen) atoms. The van der Waals surface area contributed by atoms with Crippen molar-refractivity contribution in [2.24, 2.45) is 0 Å². The van der Waals surface area contributed by atoms with Gasteiger partial charge in [-0.2, -0.15) is 0 Å². The van der Waals surface area contributed by atoms with Crippen molar-refractivity contribution in [3.63, 3.8) is 0 Å². The van der Waals surface area contributed by atoms with Crippen molar-refractivity contribution in [2.45, 2.75) is 13.5 Å². The van der Waals surface area contributed by atoms with Crippen LogP contribution in [0.2, 0.25) is 0 Å². The first-order valence-electron chi connectivity index (χ1n) is 3.72. The molecule has 0 unspecified atom stereocenters. The summed E-state index contributed by atoms with van der Waals surface area (Å²) in [6, 6.07) is 4.56. The number of hydrogen-bond donors (Lipinski definition) is 0. The molecule has 1 rings (SSSR count). The van der Waals surface area contributed by atoms with Crippen LogP contribution in [0.1, 0.15) is 11.1 Å². The largest absolute Gasteiger partial charge is 0.312 e. The Bertz CT molecular complexity index is 380. The summed E-state index contributed by atoms with van der Waals surface area (Å²) in [6.07, 6.45) is 0. The van der Waals surface area contributed by atoms with Crippen molar-refractivity contribution >= 4 is 5.69 Å². The van der Waals surface area contributed by atoms with Crippen molar-refractivity contribution in [2.75, 3.05) is 0 Å². The fraction of sp³-hybridized carbons (Fsp3) is 0.222. The van der Waals surface area contributed by atoms with E-state index in [2.05, 4.69) is 4.85 Å². The number of hydrogen-bond acceptors (Lipinski definition) is 2. The Morgan fingerprint density at radius 1 is 1.62 bits per heavy atom. The quantitative estimate of drug-likeness (QED) is 0.394. The standard InChI is InChI=1S/C9H8N2O2/c1-7-3-4-9(11(12)13)5-8(7)6-10-2/h3-5H,6H2,1H3. The Labute approximate surface area is 75.8 Å². The minimum atomic E-state index is -0.452. The SMILES string of the molecule is [C-]#[N+]Cc1cc([N+](=O)[O-])ccc1C. The lowest BCUT2D eigenvalue weighted by molar-refractivity contribution is -0.384. The molecule has 0 aromatic heterocycles. The van der Waals surface area contributed by atoms with Gasteiger partial charge in [-0.25, -0.2) is 6.57 Å². The summed E-state index contributed by atoms with van der Waals surface area (Å²) in [5.41, 5.74) is 1.69. The highest BCUT2D eigenvalue weighted by Gasteiger charge is 2.09. The number of nitro benzene ring substituents is 1. The monoisotopic (exact) mass is 176 g/mol. The van der Waals surface area contributed by atoms with Crippen molar-refractivity contribution in [3.8, 4) is 0 Å². The van der Waals surface area contributed by atoms with Gasteiger partial charge in [0.1, 0.15) is 0 Å². The summed E-state index contributed by atoms with van der Waals surface area (Å²) in [4.78, 5) is 13.1. The summed E-state index contributed by atoms with van der Waals surface area (Å²) in [5.74, 6) is 0. The van der Waals surface area contributed by atoms with E-state index in [-0.39, 0.29) is 12.2 Å². The number of nitro groups is 1. The number of nitrogens with zero attached hydrogens (tertiary/aromatic N) is 2. The summed E-state index contributed by atoms with van der Waals surface area (Å²) in [5, 5.41) is 10.4. The molecule has 0 aliphatic carbocycles. The van der Waals surface area contributed by atoms with Gasteiger partial charge in [0.15, 0.2) is 0 Å². The molecule has 4 nitrogen and oxygen atoms in total. The Kier molecular flexibility index (Phi) is 2.60.